The minimum atomic E-state index is 0.353. The van der Waals surface area contributed by atoms with Gasteiger partial charge in [0.25, 0.3) is 0 Å². The van der Waals surface area contributed by atoms with Crippen molar-refractivity contribution in [1.29, 1.82) is 5.31 Å². The third kappa shape index (κ3) is 3.35. The predicted molar refractivity (Wildman–Crippen MR) is 62.5 cm³/mol. The molecule has 2 N–H and O–H groups in total. The molecular formula is C10H15BN2O4. The molecule has 92 valence electrons. The van der Waals surface area contributed by atoms with Gasteiger partial charge in [-0.1, -0.05) is 0 Å². The summed E-state index contributed by atoms with van der Waals surface area (Å²) < 4.78 is 20.3. The van der Waals surface area contributed by atoms with Crippen LogP contribution in [-0.2, 0) is 11.3 Å². The van der Waals surface area contributed by atoms with Crippen LogP contribution in [0.5, 0.6) is 17.2 Å². The van der Waals surface area contributed by atoms with Crippen molar-refractivity contribution in [2.75, 3.05) is 21.3 Å². The van der Waals surface area contributed by atoms with Gasteiger partial charge in [0, 0.05) is 0 Å². The van der Waals surface area contributed by atoms with Crippen molar-refractivity contribution >= 4 is 7.27 Å². The summed E-state index contributed by atoms with van der Waals surface area (Å²) in [6.07, 6.45) is 0. The van der Waals surface area contributed by atoms with Gasteiger partial charge in [0.05, 0.1) is 0 Å². The van der Waals surface area contributed by atoms with Crippen molar-refractivity contribution in [3.8, 4) is 17.2 Å². The Balaban J connectivity index is 3.01. The molecular weight excluding hydrogens is 223 g/mol. The van der Waals surface area contributed by atoms with E-state index in [0.29, 0.717) is 23.8 Å². The average Bonchev–Trinajstić information content (AvgIpc) is 2.38. The molecule has 1 rings (SSSR count). The molecule has 0 fully saturated rings. The molecule has 7 heteroatoms. The van der Waals surface area contributed by atoms with E-state index in [1.807, 2.05) is 0 Å². The molecule has 0 aliphatic heterocycles. The third-order valence-corrected chi connectivity index (χ3v) is 2.21. The second kappa shape index (κ2) is 6.75. The number of methoxy groups -OCH3 is 3. The van der Waals surface area contributed by atoms with Gasteiger partial charge in [0.1, 0.15) is 0 Å². The van der Waals surface area contributed by atoms with Gasteiger partial charge in [-0.15, -0.1) is 0 Å². The molecule has 0 aromatic heterocycles. The molecule has 0 aliphatic rings. The van der Waals surface area contributed by atoms with Crippen LogP contribution in [0, 0.1) is 5.31 Å². The molecule has 0 atom stereocenters. The Morgan fingerprint density at radius 3 is 2.12 bits per heavy atom. The molecule has 0 unspecified atom stereocenters. The third-order valence-electron chi connectivity index (χ3n) is 2.21. The molecule has 0 radical (unpaired) electrons. The number of benzene rings is 1. The van der Waals surface area contributed by atoms with E-state index in [1.54, 1.807) is 33.5 Å². The minimum absolute atomic E-state index is 0.353. The van der Waals surface area contributed by atoms with Crippen LogP contribution in [0.4, 0.5) is 0 Å². The Morgan fingerprint density at radius 2 is 1.71 bits per heavy atom. The molecule has 17 heavy (non-hydrogen) atoms. The van der Waals surface area contributed by atoms with Crippen molar-refractivity contribution in [2.45, 2.75) is 6.54 Å². The SMILES string of the molecule is COc1cc(OC)c(CNOB=N)c(OC)c1. The van der Waals surface area contributed by atoms with Crippen molar-refractivity contribution in [1.82, 2.24) is 5.48 Å². The van der Waals surface area contributed by atoms with Crippen molar-refractivity contribution in [2.24, 2.45) is 0 Å². The Labute approximate surface area is 101 Å². The fraction of sp³-hybridized carbons (Fsp3) is 0.400. The Hall–Kier alpha value is -1.76. The second-order valence-corrected chi connectivity index (χ2v) is 3.07. The van der Waals surface area contributed by atoms with Crippen LogP contribution in [0.2, 0.25) is 0 Å². The Kier molecular flexibility index (Phi) is 5.28. The number of ether oxygens (including phenoxy) is 3. The van der Waals surface area contributed by atoms with E-state index in [9.17, 15) is 0 Å². The summed E-state index contributed by atoms with van der Waals surface area (Å²) in [5.74, 6) is 1.90. The average molecular weight is 238 g/mol. The monoisotopic (exact) mass is 238 g/mol. The molecule has 0 spiro atoms. The molecule has 0 heterocycles. The molecule has 0 bridgehead atoms. The fourth-order valence-electron chi connectivity index (χ4n) is 1.41. The zero-order valence-electron chi connectivity index (χ0n) is 10.1. The molecule has 1 aromatic carbocycles. The van der Waals surface area contributed by atoms with Crippen LogP contribution >= 0.6 is 0 Å². The van der Waals surface area contributed by atoms with E-state index in [2.05, 4.69) is 10.2 Å². The maximum atomic E-state index is 6.74. The van der Waals surface area contributed by atoms with Crippen LogP contribution in [-0.4, -0.2) is 28.6 Å². The molecule has 0 saturated carbocycles. The van der Waals surface area contributed by atoms with Crippen LogP contribution in [0.25, 0.3) is 0 Å². The quantitative estimate of drug-likeness (QED) is 0.423. The van der Waals surface area contributed by atoms with E-state index in [1.165, 1.54) is 0 Å². The molecule has 0 amide bonds. The van der Waals surface area contributed by atoms with Crippen LogP contribution in [0.15, 0.2) is 12.1 Å². The number of rotatable bonds is 7. The summed E-state index contributed by atoms with van der Waals surface area (Å²) >= 11 is 0. The Bertz CT molecular complexity index is 362. The molecule has 6 nitrogen and oxygen atoms in total. The van der Waals surface area contributed by atoms with Gasteiger partial charge in [-0.05, 0) is 0 Å². The maximum absolute atomic E-state index is 6.74. The van der Waals surface area contributed by atoms with Gasteiger partial charge in [-0.3, -0.25) is 0 Å². The summed E-state index contributed by atoms with van der Waals surface area (Å²) in [5, 5.41) is 6.74. The summed E-state index contributed by atoms with van der Waals surface area (Å²) in [7, 11) is 5.51. The van der Waals surface area contributed by atoms with Gasteiger partial charge in [-0.2, -0.15) is 0 Å². The van der Waals surface area contributed by atoms with E-state index < -0.39 is 0 Å². The summed E-state index contributed by atoms with van der Waals surface area (Å²) in [5.41, 5.74) is 3.38. The first-order chi connectivity index (χ1) is 8.26. The van der Waals surface area contributed by atoms with E-state index in [-0.39, 0.29) is 0 Å². The molecule has 0 saturated heterocycles. The van der Waals surface area contributed by atoms with Crippen LogP contribution in [0.3, 0.4) is 0 Å². The Morgan fingerprint density at radius 1 is 1.12 bits per heavy atom. The van der Waals surface area contributed by atoms with Gasteiger partial charge in [0.2, 0.25) is 0 Å². The van der Waals surface area contributed by atoms with Gasteiger partial charge in [-0.25, -0.2) is 0 Å². The van der Waals surface area contributed by atoms with Crippen molar-refractivity contribution in [3.05, 3.63) is 17.7 Å². The predicted octanol–water partition coefficient (Wildman–Crippen LogP) is 1.12. The number of hydroxylamine groups is 1. The fourth-order valence-corrected chi connectivity index (χ4v) is 1.41. The van der Waals surface area contributed by atoms with Crippen LogP contribution < -0.4 is 19.7 Å². The summed E-state index contributed by atoms with van der Waals surface area (Å²) in [6, 6.07) is 3.51. The van der Waals surface area contributed by atoms with Crippen molar-refractivity contribution < 1.29 is 19.0 Å². The first-order valence-electron chi connectivity index (χ1n) is 4.93. The van der Waals surface area contributed by atoms with E-state index in [4.69, 9.17) is 19.5 Å². The van der Waals surface area contributed by atoms with Gasteiger partial charge in [0.15, 0.2) is 0 Å². The molecule has 1 aromatic rings. The van der Waals surface area contributed by atoms with Gasteiger partial charge >= 0.3 is 99.9 Å². The topological polar surface area (TPSA) is 72.8 Å². The summed E-state index contributed by atoms with van der Waals surface area (Å²) in [6.45, 7) is 0.353. The first kappa shape index (κ1) is 13.3. The summed E-state index contributed by atoms with van der Waals surface area (Å²) in [4.78, 5) is 0. The molecule has 0 aliphatic carbocycles. The van der Waals surface area contributed by atoms with E-state index in [0.717, 1.165) is 12.8 Å². The normalized spacial score (nSPS) is 9.35. The standard InChI is InChI=1S/C10H15BN2O4/c1-14-7-4-9(15-2)8(6-13-17-11-12)10(5-7)16-3/h4-5,12-13H,6H2,1-3H3. The number of hydrogen-bond acceptors (Lipinski definition) is 6. The first-order valence-corrected chi connectivity index (χ1v) is 4.93. The van der Waals surface area contributed by atoms with Gasteiger partial charge < -0.3 is 0 Å². The second-order valence-electron chi connectivity index (χ2n) is 3.07. The van der Waals surface area contributed by atoms with Crippen LogP contribution in [0.1, 0.15) is 5.56 Å². The van der Waals surface area contributed by atoms with E-state index >= 15 is 0 Å². The zero-order chi connectivity index (χ0) is 12.7. The number of nitrogens with one attached hydrogen (secondary N) is 2. The van der Waals surface area contributed by atoms with Crippen molar-refractivity contribution in [3.63, 3.8) is 0 Å². The zero-order valence-corrected chi connectivity index (χ0v) is 10.1. The number of hydrogen-bond donors (Lipinski definition) is 2.